The van der Waals surface area contributed by atoms with Gasteiger partial charge in [-0.2, -0.15) is 0 Å². The van der Waals surface area contributed by atoms with Gasteiger partial charge in [-0.15, -0.1) is 0 Å². The first-order chi connectivity index (χ1) is 10.4. The molecular formula is C18H29N3S. The van der Waals surface area contributed by atoms with Gasteiger partial charge in [-0.05, 0) is 70.2 Å². The lowest BCUT2D eigenvalue weighted by atomic mass is 9.80. The van der Waals surface area contributed by atoms with Crippen molar-refractivity contribution in [3.63, 3.8) is 0 Å². The van der Waals surface area contributed by atoms with Crippen LogP contribution in [0.3, 0.4) is 0 Å². The largest absolute Gasteiger partial charge is 0.361 e. The zero-order valence-corrected chi connectivity index (χ0v) is 15.1. The quantitative estimate of drug-likeness (QED) is 0.824. The van der Waals surface area contributed by atoms with E-state index in [4.69, 9.17) is 12.2 Å². The Morgan fingerprint density at radius 2 is 1.86 bits per heavy atom. The number of anilines is 1. The summed E-state index contributed by atoms with van der Waals surface area (Å²) < 4.78 is 0. The molecule has 1 aliphatic carbocycles. The van der Waals surface area contributed by atoms with Gasteiger partial charge in [-0.3, -0.25) is 0 Å². The zero-order valence-electron chi connectivity index (χ0n) is 14.3. The molecule has 0 unspecified atom stereocenters. The molecule has 2 rings (SSSR count). The van der Waals surface area contributed by atoms with Crippen molar-refractivity contribution in [3.05, 3.63) is 29.3 Å². The number of nitrogens with zero attached hydrogens (tertiary/aromatic N) is 1. The predicted octanol–water partition coefficient (Wildman–Crippen LogP) is 3.85. The van der Waals surface area contributed by atoms with Gasteiger partial charge in [0.1, 0.15) is 0 Å². The molecule has 1 aromatic rings. The second kappa shape index (κ2) is 7.42. The van der Waals surface area contributed by atoms with E-state index in [2.05, 4.69) is 61.7 Å². The first kappa shape index (κ1) is 17.2. The Bertz CT molecular complexity index is 519. The normalized spacial score (nSPS) is 17.3. The van der Waals surface area contributed by atoms with Gasteiger partial charge in [0.25, 0.3) is 0 Å². The van der Waals surface area contributed by atoms with Crippen LogP contribution in [0, 0.1) is 13.8 Å². The minimum atomic E-state index is 0.242. The molecule has 1 saturated carbocycles. The highest BCUT2D eigenvalue weighted by molar-refractivity contribution is 7.80. The van der Waals surface area contributed by atoms with Crippen LogP contribution in [0.5, 0.6) is 0 Å². The first-order valence-electron chi connectivity index (χ1n) is 8.22. The molecule has 2 N–H and O–H groups in total. The van der Waals surface area contributed by atoms with E-state index in [9.17, 15) is 0 Å². The van der Waals surface area contributed by atoms with Crippen molar-refractivity contribution in [2.45, 2.75) is 51.5 Å². The SMILES string of the molecule is Cc1ccc(C)c(NC(=S)NCC2(N(C)C)CCCCC2)c1. The van der Waals surface area contributed by atoms with Crippen LogP contribution in [-0.4, -0.2) is 36.2 Å². The highest BCUT2D eigenvalue weighted by Crippen LogP contribution is 2.31. The molecule has 1 fully saturated rings. The van der Waals surface area contributed by atoms with Gasteiger partial charge in [0.15, 0.2) is 5.11 Å². The van der Waals surface area contributed by atoms with Crippen LogP contribution < -0.4 is 10.6 Å². The number of benzene rings is 1. The van der Waals surface area contributed by atoms with Crippen molar-refractivity contribution in [2.24, 2.45) is 0 Å². The van der Waals surface area contributed by atoms with Crippen LogP contribution >= 0.6 is 12.2 Å². The van der Waals surface area contributed by atoms with E-state index < -0.39 is 0 Å². The van der Waals surface area contributed by atoms with Crippen molar-refractivity contribution in [3.8, 4) is 0 Å². The number of thiocarbonyl (C=S) groups is 1. The Kier molecular flexibility index (Phi) is 5.81. The summed E-state index contributed by atoms with van der Waals surface area (Å²) >= 11 is 5.50. The maximum Gasteiger partial charge on any atom is 0.170 e. The Morgan fingerprint density at radius 3 is 2.50 bits per heavy atom. The summed E-state index contributed by atoms with van der Waals surface area (Å²) in [6.45, 7) is 5.12. The van der Waals surface area contributed by atoms with Crippen LogP contribution in [0.2, 0.25) is 0 Å². The molecule has 1 aromatic carbocycles. The summed E-state index contributed by atoms with van der Waals surface area (Å²) in [5.74, 6) is 0. The van der Waals surface area contributed by atoms with Gasteiger partial charge in [-0.1, -0.05) is 31.4 Å². The van der Waals surface area contributed by atoms with Crippen molar-refractivity contribution in [2.75, 3.05) is 26.0 Å². The van der Waals surface area contributed by atoms with E-state index in [1.807, 2.05) is 0 Å². The Labute approximate surface area is 140 Å². The molecule has 122 valence electrons. The van der Waals surface area contributed by atoms with Crippen LogP contribution in [0.25, 0.3) is 0 Å². The van der Waals surface area contributed by atoms with E-state index >= 15 is 0 Å². The zero-order chi connectivity index (χ0) is 16.2. The van der Waals surface area contributed by atoms with Crippen molar-refractivity contribution >= 4 is 23.0 Å². The summed E-state index contributed by atoms with van der Waals surface area (Å²) in [5.41, 5.74) is 3.80. The van der Waals surface area contributed by atoms with E-state index in [-0.39, 0.29) is 5.54 Å². The minimum absolute atomic E-state index is 0.242. The summed E-state index contributed by atoms with van der Waals surface area (Å²) in [4.78, 5) is 2.37. The summed E-state index contributed by atoms with van der Waals surface area (Å²) in [7, 11) is 4.38. The Hall–Kier alpha value is -1.13. The third-order valence-electron chi connectivity index (χ3n) is 4.95. The molecule has 0 radical (unpaired) electrons. The number of likely N-dealkylation sites (N-methyl/N-ethyl adjacent to an activating group) is 1. The number of aryl methyl sites for hydroxylation is 2. The van der Waals surface area contributed by atoms with Gasteiger partial charge in [0.05, 0.1) is 0 Å². The molecule has 0 aliphatic heterocycles. The molecule has 0 bridgehead atoms. The molecular weight excluding hydrogens is 290 g/mol. The summed E-state index contributed by atoms with van der Waals surface area (Å²) in [5, 5.41) is 7.52. The average Bonchev–Trinajstić information content (AvgIpc) is 2.50. The van der Waals surface area contributed by atoms with E-state index in [1.165, 1.54) is 43.2 Å². The van der Waals surface area contributed by atoms with Crippen LogP contribution in [0.4, 0.5) is 5.69 Å². The minimum Gasteiger partial charge on any atom is -0.361 e. The topological polar surface area (TPSA) is 27.3 Å². The molecule has 22 heavy (non-hydrogen) atoms. The van der Waals surface area contributed by atoms with Crippen molar-refractivity contribution < 1.29 is 0 Å². The van der Waals surface area contributed by atoms with Gasteiger partial charge in [0, 0.05) is 17.8 Å². The van der Waals surface area contributed by atoms with Crippen LogP contribution in [0.15, 0.2) is 18.2 Å². The fourth-order valence-corrected chi connectivity index (χ4v) is 3.46. The fourth-order valence-electron chi connectivity index (χ4n) is 3.27. The number of hydrogen-bond acceptors (Lipinski definition) is 2. The maximum atomic E-state index is 5.50. The lowest BCUT2D eigenvalue weighted by molar-refractivity contribution is 0.104. The number of rotatable bonds is 4. The van der Waals surface area contributed by atoms with E-state index in [0.717, 1.165) is 17.3 Å². The summed E-state index contributed by atoms with van der Waals surface area (Å²) in [6.07, 6.45) is 6.49. The lowest BCUT2D eigenvalue weighted by Crippen LogP contribution is -2.54. The second-order valence-electron chi connectivity index (χ2n) is 6.81. The first-order valence-corrected chi connectivity index (χ1v) is 8.63. The molecule has 3 nitrogen and oxygen atoms in total. The average molecular weight is 320 g/mol. The molecule has 1 aliphatic rings. The highest BCUT2D eigenvalue weighted by Gasteiger charge is 2.34. The van der Waals surface area contributed by atoms with Gasteiger partial charge in [0.2, 0.25) is 0 Å². The van der Waals surface area contributed by atoms with Crippen molar-refractivity contribution in [1.82, 2.24) is 10.2 Å². The third-order valence-corrected chi connectivity index (χ3v) is 5.20. The predicted molar refractivity (Wildman–Crippen MR) is 99.6 cm³/mol. The number of nitrogens with one attached hydrogen (secondary N) is 2. The monoisotopic (exact) mass is 319 g/mol. The maximum absolute atomic E-state index is 5.50. The Morgan fingerprint density at radius 1 is 1.18 bits per heavy atom. The highest BCUT2D eigenvalue weighted by atomic mass is 32.1. The molecule has 0 heterocycles. The smallest absolute Gasteiger partial charge is 0.170 e. The third kappa shape index (κ3) is 4.20. The summed E-state index contributed by atoms with van der Waals surface area (Å²) in [6, 6.07) is 6.40. The Balaban J connectivity index is 1.95. The van der Waals surface area contributed by atoms with Crippen LogP contribution in [-0.2, 0) is 0 Å². The lowest BCUT2D eigenvalue weighted by Gasteiger charge is -2.43. The molecule has 0 saturated heterocycles. The molecule has 0 aromatic heterocycles. The van der Waals surface area contributed by atoms with Gasteiger partial charge >= 0.3 is 0 Å². The fraction of sp³-hybridized carbons (Fsp3) is 0.611. The number of hydrogen-bond donors (Lipinski definition) is 2. The molecule has 4 heteroatoms. The van der Waals surface area contributed by atoms with E-state index in [1.54, 1.807) is 0 Å². The molecule has 0 atom stereocenters. The van der Waals surface area contributed by atoms with Crippen LogP contribution in [0.1, 0.15) is 43.2 Å². The van der Waals surface area contributed by atoms with Crippen molar-refractivity contribution in [1.29, 1.82) is 0 Å². The van der Waals surface area contributed by atoms with Gasteiger partial charge in [-0.25, -0.2) is 0 Å². The van der Waals surface area contributed by atoms with E-state index in [0.29, 0.717) is 0 Å². The standard InChI is InChI=1S/C18H29N3S/c1-14-8-9-15(2)16(12-14)20-17(22)19-13-18(21(3)4)10-6-5-7-11-18/h8-9,12H,5-7,10-11,13H2,1-4H3,(H2,19,20,22). The molecule has 0 amide bonds. The second-order valence-corrected chi connectivity index (χ2v) is 7.21. The van der Waals surface area contributed by atoms with Gasteiger partial charge < -0.3 is 15.5 Å². The molecule has 0 spiro atoms.